The zero-order chi connectivity index (χ0) is 10.7. The van der Waals surface area contributed by atoms with Gasteiger partial charge in [-0.2, -0.15) is 5.10 Å². The van der Waals surface area contributed by atoms with Crippen molar-refractivity contribution >= 4 is 5.82 Å². The largest absolute Gasteiger partial charge is 0.307 e. The van der Waals surface area contributed by atoms with Crippen molar-refractivity contribution in [3.8, 4) is 11.1 Å². The number of nitrogen functional groups attached to an aromatic ring is 1. The monoisotopic (exact) mass is 200 g/mol. The summed E-state index contributed by atoms with van der Waals surface area (Å²) >= 11 is 0. The maximum Gasteiger partial charge on any atom is 0.163 e. The fraction of sp³-hybridized carbons (Fsp3) is 0.0909. The van der Waals surface area contributed by atoms with E-state index in [0.717, 1.165) is 11.1 Å². The second-order valence-corrected chi connectivity index (χ2v) is 3.34. The molecule has 2 aromatic rings. The number of hydrogen-bond acceptors (Lipinski definition) is 4. The molecule has 15 heavy (non-hydrogen) atoms. The predicted molar refractivity (Wildman–Crippen MR) is 60.0 cm³/mol. The molecule has 4 nitrogen and oxygen atoms in total. The van der Waals surface area contributed by atoms with Crippen LogP contribution >= 0.6 is 0 Å². The van der Waals surface area contributed by atoms with E-state index in [1.54, 1.807) is 6.20 Å². The van der Waals surface area contributed by atoms with Gasteiger partial charge in [0.15, 0.2) is 5.82 Å². The van der Waals surface area contributed by atoms with Crippen LogP contribution in [0, 0.1) is 6.92 Å². The third kappa shape index (κ3) is 2.11. The number of nitrogens with zero attached hydrogens (tertiary/aromatic N) is 2. The molecule has 0 saturated carbocycles. The molecule has 0 aliphatic heterocycles. The molecule has 0 radical (unpaired) electrons. The molecule has 1 aromatic heterocycles. The van der Waals surface area contributed by atoms with Gasteiger partial charge in [0.1, 0.15) is 0 Å². The Morgan fingerprint density at radius 1 is 1.13 bits per heavy atom. The standard InChI is InChI=1S/C11H12N4/c1-8-2-4-9(5-3-8)10-6-11(14-12)15-13-7-10/h2-7H,12H2,1H3,(H,14,15). The number of anilines is 1. The second-order valence-electron chi connectivity index (χ2n) is 3.34. The summed E-state index contributed by atoms with van der Waals surface area (Å²) in [6.45, 7) is 2.06. The van der Waals surface area contributed by atoms with Crippen LogP contribution in [0.4, 0.5) is 5.82 Å². The van der Waals surface area contributed by atoms with Gasteiger partial charge >= 0.3 is 0 Å². The number of aromatic nitrogens is 2. The quantitative estimate of drug-likeness (QED) is 0.572. The van der Waals surface area contributed by atoms with Crippen molar-refractivity contribution in [1.29, 1.82) is 0 Å². The molecule has 0 aliphatic carbocycles. The van der Waals surface area contributed by atoms with E-state index in [1.165, 1.54) is 5.56 Å². The van der Waals surface area contributed by atoms with Gasteiger partial charge in [0.2, 0.25) is 0 Å². The summed E-state index contributed by atoms with van der Waals surface area (Å²) < 4.78 is 0. The average Bonchev–Trinajstić information content (AvgIpc) is 2.30. The Balaban J connectivity index is 2.40. The summed E-state index contributed by atoms with van der Waals surface area (Å²) in [5.41, 5.74) is 5.81. The summed E-state index contributed by atoms with van der Waals surface area (Å²) in [6, 6.07) is 10.1. The number of hydrogen-bond donors (Lipinski definition) is 2. The van der Waals surface area contributed by atoms with Gasteiger partial charge < -0.3 is 5.43 Å². The Morgan fingerprint density at radius 2 is 1.87 bits per heavy atom. The van der Waals surface area contributed by atoms with Crippen molar-refractivity contribution in [2.75, 3.05) is 5.43 Å². The summed E-state index contributed by atoms with van der Waals surface area (Å²) in [5, 5.41) is 7.68. The maximum atomic E-state index is 5.27. The Morgan fingerprint density at radius 3 is 2.53 bits per heavy atom. The van der Waals surface area contributed by atoms with Crippen LogP contribution in [-0.4, -0.2) is 10.2 Å². The Kier molecular flexibility index (Phi) is 2.60. The number of nitrogens with two attached hydrogens (primary N) is 1. The van der Waals surface area contributed by atoms with E-state index in [9.17, 15) is 0 Å². The Hall–Kier alpha value is -1.94. The van der Waals surface area contributed by atoms with Gasteiger partial charge in [-0.25, -0.2) is 5.84 Å². The van der Waals surface area contributed by atoms with E-state index in [2.05, 4.69) is 34.7 Å². The van der Waals surface area contributed by atoms with Crippen LogP contribution < -0.4 is 11.3 Å². The predicted octanol–water partition coefficient (Wildman–Crippen LogP) is 1.74. The number of benzene rings is 1. The average molecular weight is 200 g/mol. The Labute approximate surface area is 88.1 Å². The van der Waals surface area contributed by atoms with Gasteiger partial charge in [-0.05, 0) is 18.6 Å². The van der Waals surface area contributed by atoms with Crippen molar-refractivity contribution in [3.05, 3.63) is 42.1 Å². The molecular weight excluding hydrogens is 188 g/mol. The van der Waals surface area contributed by atoms with Crippen molar-refractivity contribution in [2.45, 2.75) is 6.92 Å². The highest BCUT2D eigenvalue weighted by molar-refractivity contribution is 5.65. The van der Waals surface area contributed by atoms with Crippen LogP contribution in [0.3, 0.4) is 0 Å². The molecule has 2 rings (SSSR count). The van der Waals surface area contributed by atoms with Crippen molar-refractivity contribution in [1.82, 2.24) is 10.2 Å². The lowest BCUT2D eigenvalue weighted by Gasteiger charge is -2.03. The van der Waals surface area contributed by atoms with Crippen molar-refractivity contribution in [3.63, 3.8) is 0 Å². The zero-order valence-electron chi connectivity index (χ0n) is 8.44. The van der Waals surface area contributed by atoms with E-state index in [4.69, 9.17) is 5.84 Å². The maximum absolute atomic E-state index is 5.27. The molecule has 0 spiro atoms. The molecule has 76 valence electrons. The van der Waals surface area contributed by atoms with Crippen LogP contribution in [0.2, 0.25) is 0 Å². The Bertz CT molecular complexity index is 450. The van der Waals surface area contributed by atoms with Crippen LogP contribution in [0.1, 0.15) is 5.56 Å². The lowest BCUT2D eigenvalue weighted by molar-refractivity contribution is 1.02. The first-order chi connectivity index (χ1) is 7.29. The van der Waals surface area contributed by atoms with Gasteiger partial charge in [0.05, 0.1) is 6.20 Å². The van der Waals surface area contributed by atoms with E-state index < -0.39 is 0 Å². The van der Waals surface area contributed by atoms with E-state index in [0.29, 0.717) is 5.82 Å². The summed E-state index contributed by atoms with van der Waals surface area (Å²) in [5.74, 6) is 5.83. The number of rotatable bonds is 2. The van der Waals surface area contributed by atoms with Crippen LogP contribution in [0.5, 0.6) is 0 Å². The van der Waals surface area contributed by atoms with Gasteiger partial charge in [-0.3, -0.25) is 0 Å². The molecule has 3 N–H and O–H groups in total. The van der Waals surface area contributed by atoms with Crippen LogP contribution in [-0.2, 0) is 0 Å². The third-order valence-electron chi connectivity index (χ3n) is 2.19. The number of aryl methyl sites for hydroxylation is 1. The molecule has 1 aromatic carbocycles. The molecule has 0 atom stereocenters. The lowest BCUT2D eigenvalue weighted by Crippen LogP contribution is -2.08. The van der Waals surface area contributed by atoms with Crippen LogP contribution in [0.15, 0.2) is 36.5 Å². The number of nitrogens with one attached hydrogen (secondary N) is 1. The molecule has 4 heteroatoms. The highest BCUT2D eigenvalue weighted by atomic mass is 15.3. The van der Waals surface area contributed by atoms with E-state index in [-0.39, 0.29) is 0 Å². The van der Waals surface area contributed by atoms with Gasteiger partial charge in [-0.15, -0.1) is 5.10 Å². The summed E-state index contributed by atoms with van der Waals surface area (Å²) in [7, 11) is 0. The van der Waals surface area contributed by atoms with Crippen molar-refractivity contribution < 1.29 is 0 Å². The number of hydrazine groups is 1. The molecule has 0 fully saturated rings. The molecular formula is C11H12N4. The first kappa shape index (κ1) is 9.61. The smallest absolute Gasteiger partial charge is 0.163 e. The lowest BCUT2D eigenvalue weighted by atomic mass is 10.1. The summed E-state index contributed by atoms with van der Waals surface area (Å²) in [6.07, 6.45) is 1.71. The normalized spacial score (nSPS) is 10.0. The highest BCUT2D eigenvalue weighted by Gasteiger charge is 1.99. The molecule has 0 amide bonds. The van der Waals surface area contributed by atoms with Gasteiger partial charge in [-0.1, -0.05) is 29.8 Å². The first-order valence-corrected chi connectivity index (χ1v) is 4.66. The first-order valence-electron chi connectivity index (χ1n) is 4.66. The molecule has 0 aliphatic rings. The minimum Gasteiger partial charge on any atom is -0.307 e. The molecule has 0 saturated heterocycles. The highest BCUT2D eigenvalue weighted by Crippen LogP contribution is 2.19. The SMILES string of the molecule is Cc1ccc(-c2cnnc(NN)c2)cc1. The molecule has 0 bridgehead atoms. The minimum atomic E-state index is 0.563. The molecule has 1 heterocycles. The van der Waals surface area contributed by atoms with Gasteiger partial charge in [0, 0.05) is 5.56 Å². The molecule has 0 unspecified atom stereocenters. The fourth-order valence-corrected chi connectivity index (χ4v) is 1.34. The van der Waals surface area contributed by atoms with E-state index in [1.807, 2.05) is 18.2 Å². The summed E-state index contributed by atoms with van der Waals surface area (Å²) in [4.78, 5) is 0. The fourth-order valence-electron chi connectivity index (χ4n) is 1.34. The van der Waals surface area contributed by atoms with Crippen molar-refractivity contribution in [2.24, 2.45) is 5.84 Å². The third-order valence-corrected chi connectivity index (χ3v) is 2.19. The van der Waals surface area contributed by atoms with Crippen LogP contribution in [0.25, 0.3) is 11.1 Å². The second kappa shape index (κ2) is 4.06. The minimum absolute atomic E-state index is 0.563. The van der Waals surface area contributed by atoms with Gasteiger partial charge in [0.25, 0.3) is 0 Å². The zero-order valence-corrected chi connectivity index (χ0v) is 8.44. The topological polar surface area (TPSA) is 63.8 Å². The van der Waals surface area contributed by atoms with E-state index >= 15 is 0 Å².